The number of aliphatic hydroxyl groups is 1. The molecule has 1 heterocycles. The molecule has 0 unspecified atom stereocenters. The fraction of sp³-hybridized carbons (Fsp3) is 0.727. The fourth-order valence-corrected chi connectivity index (χ4v) is 4.99. The maximum absolute atomic E-state index is 10.0. The van der Waals surface area contributed by atoms with Crippen LogP contribution in [-0.2, 0) is 5.54 Å². The molecule has 1 saturated carbocycles. The standard InChI is InChI=1S/C22H36N2O/c1-20(2,25)14-16-24-17-15-21(18-24)10-12-22(13-11-21,23(3)4)19-8-6-5-7-9-19/h5-9,25H,10-18H2,1-4H3. The first-order valence-electron chi connectivity index (χ1n) is 9.93. The smallest absolute Gasteiger partial charge is 0.0603 e. The molecule has 0 amide bonds. The fourth-order valence-electron chi connectivity index (χ4n) is 4.99. The summed E-state index contributed by atoms with van der Waals surface area (Å²) in [4.78, 5) is 5.04. The second-order valence-electron chi connectivity index (χ2n) is 9.38. The van der Waals surface area contributed by atoms with Gasteiger partial charge in [-0.3, -0.25) is 4.90 Å². The van der Waals surface area contributed by atoms with Gasteiger partial charge in [-0.15, -0.1) is 0 Å². The van der Waals surface area contributed by atoms with Gasteiger partial charge in [-0.05, 0) is 84.0 Å². The van der Waals surface area contributed by atoms with E-state index in [1.807, 2.05) is 13.8 Å². The molecule has 3 heteroatoms. The Labute approximate surface area is 154 Å². The van der Waals surface area contributed by atoms with Crippen LogP contribution in [0.4, 0.5) is 0 Å². The summed E-state index contributed by atoms with van der Waals surface area (Å²) in [5, 5.41) is 10.0. The Morgan fingerprint density at radius 2 is 1.68 bits per heavy atom. The zero-order valence-corrected chi connectivity index (χ0v) is 16.6. The lowest BCUT2D eigenvalue weighted by atomic mass is 9.64. The maximum Gasteiger partial charge on any atom is 0.0603 e. The summed E-state index contributed by atoms with van der Waals surface area (Å²) in [7, 11) is 4.49. The molecule has 1 N–H and O–H groups in total. The van der Waals surface area contributed by atoms with Crippen LogP contribution >= 0.6 is 0 Å². The van der Waals surface area contributed by atoms with Crippen LogP contribution in [0.5, 0.6) is 0 Å². The van der Waals surface area contributed by atoms with E-state index in [0.29, 0.717) is 5.41 Å². The SMILES string of the molecule is CN(C)C1(c2ccccc2)CCC2(CCN(CCC(C)(C)O)C2)CC1. The monoisotopic (exact) mass is 344 g/mol. The molecular formula is C22H36N2O. The summed E-state index contributed by atoms with van der Waals surface area (Å²) in [6, 6.07) is 11.1. The molecular weight excluding hydrogens is 308 g/mol. The van der Waals surface area contributed by atoms with Crippen molar-refractivity contribution in [1.29, 1.82) is 0 Å². The Hall–Kier alpha value is -0.900. The highest BCUT2D eigenvalue weighted by atomic mass is 16.3. The zero-order chi connectivity index (χ0) is 18.1. The molecule has 2 fully saturated rings. The van der Waals surface area contributed by atoms with Crippen molar-refractivity contribution in [3.8, 4) is 0 Å². The first-order chi connectivity index (χ1) is 11.7. The average molecular weight is 345 g/mol. The van der Waals surface area contributed by atoms with Gasteiger partial charge in [-0.25, -0.2) is 0 Å². The van der Waals surface area contributed by atoms with Gasteiger partial charge < -0.3 is 10.0 Å². The Bertz CT molecular complexity index is 553. The molecule has 1 aromatic carbocycles. The molecule has 1 aliphatic carbocycles. The minimum Gasteiger partial charge on any atom is -0.390 e. The van der Waals surface area contributed by atoms with Crippen LogP contribution in [0.25, 0.3) is 0 Å². The number of nitrogens with zero attached hydrogens (tertiary/aromatic N) is 2. The van der Waals surface area contributed by atoms with E-state index in [4.69, 9.17) is 0 Å². The largest absolute Gasteiger partial charge is 0.390 e. The van der Waals surface area contributed by atoms with Crippen LogP contribution in [0.15, 0.2) is 30.3 Å². The molecule has 140 valence electrons. The average Bonchev–Trinajstić information content (AvgIpc) is 2.97. The topological polar surface area (TPSA) is 26.7 Å². The molecule has 3 nitrogen and oxygen atoms in total. The highest BCUT2D eigenvalue weighted by Crippen LogP contribution is 2.51. The first kappa shape index (κ1) is 18.9. The van der Waals surface area contributed by atoms with Crippen LogP contribution in [-0.4, -0.2) is 54.2 Å². The predicted octanol–water partition coefficient (Wildman–Crippen LogP) is 3.87. The second kappa shape index (κ2) is 7.02. The van der Waals surface area contributed by atoms with Gasteiger partial charge in [0.05, 0.1) is 5.60 Å². The van der Waals surface area contributed by atoms with E-state index in [1.54, 1.807) is 0 Å². The predicted molar refractivity (Wildman–Crippen MR) is 105 cm³/mol. The normalized spacial score (nSPS) is 31.1. The second-order valence-corrected chi connectivity index (χ2v) is 9.38. The number of benzene rings is 1. The van der Waals surface area contributed by atoms with Gasteiger partial charge >= 0.3 is 0 Å². The minimum absolute atomic E-state index is 0.201. The molecule has 0 aromatic heterocycles. The third-order valence-electron chi connectivity index (χ3n) is 6.86. The van der Waals surface area contributed by atoms with Crippen molar-refractivity contribution < 1.29 is 5.11 Å². The molecule has 25 heavy (non-hydrogen) atoms. The number of likely N-dealkylation sites (tertiary alicyclic amines) is 1. The minimum atomic E-state index is -0.546. The third kappa shape index (κ3) is 4.10. The first-order valence-corrected chi connectivity index (χ1v) is 9.93. The van der Waals surface area contributed by atoms with E-state index in [9.17, 15) is 5.11 Å². The van der Waals surface area contributed by atoms with Crippen molar-refractivity contribution in [2.24, 2.45) is 5.41 Å². The van der Waals surface area contributed by atoms with Crippen molar-refractivity contribution in [3.05, 3.63) is 35.9 Å². The van der Waals surface area contributed by atoms with Gasteiger partial charge in [-0.1, -0.05) is 30.3 Å². The molecule has 1 saturated heterocycles. The van der Waals surface area contributed by atoms with E-state index < -0.39 is 5.60 Å². The van der Waals surface area contributed by atoms with E-state index in [0.717, 1.165) is 13.0 Å². The van der Waals surface area contributed by atoms with Gasteiger partial charge in [0, 0.05) is 18.6 Å². The van der Waals surface area contributed by atoms with E-state index in [-0.39, 0.29) is 5.54 Å². The molecule has 0 bridgehead atoms. The van der Waals surface area contributed by atoms with Crippen molar-refractivity contribution in [1.82, 2.24) is 9.80 Å². The van der Waals surface area contributed by atoms with Gasteiger partial charge in [0.1, 0.15) is 0 Å². The molecule has 2 aliphatic rings. The molecule has 0 radical (unpaired) electrons. The summed E-state index contributed by atoms with van der Waals surface area (Å²) in [6.07, 6.45) is 7.34. The van der Waals surface area contributed by atoms with Crippen LogP contribution in [0.2, 0.25) is 0 Å². The maximum atomic E-state index is 10.0. The summed E-state index contributed by atoms with van der Waals surface area (Å²) >= 11 is 0. The Morgan fingerprint density at radius 1 is 1.04 bits per heavy atom. The van der Waals surface area contributed by atoms with Crippen molar-refractivity contribution in [2.45, 2.75) is 63.5 Å². The van der Waals surface area contributed by atoms with E-state index >= 15 is 0 Å². The van der Waals surface area contributed by atoms with Crippen LogP contribution in [0.3, 0.4) is 0 Å². The van der Waals surface area contributed by atoms with Gasteiger partial charge in [0.2, 0.25) is 0 Å². The van der Waals surface area contributed by atoms with Gasteiger partial charge in [0.25, 0.3) is 0 Å². The highest BCUT2D eigenvalue weighted by Gasteiger charge is 2.47. The molecule has 0 atom stereocenters. The van der Waals surface area contributed by atoms with Gasteiger partial charge in [-0.2, -0.15) is 0 Å². The van der Waals surface area contributed by atoms with Crippen LogP contribution < -0.4 is 0 Å². The van der Waals surface area contributed by atoms with Crippen LogP contribution in [0, 0.1) is 5.41 Å². The van der Waals surface area contributed by atoms with Gasteiger partial charge in [0.15, 0.2) is 0 Å². The molecule has 1 aromatic rings. The molecule has 3 rings (SSSR count). The van der Waals surface area contributed by atoms with Crippen LogP contribution in [0.1, 0.15) is 57.9 Å². The summed E-state index contributed by atoms with van der Waals surface area (Å²) in [5.74, 6) is 0. The van der Waals surface area contributed by atoms with Crippen molar-refractivity contribution in [2.75, 3.05) is 33.7 Å². The highest BCUT2D eigenvalue weighted by molar-refractivity contribution is 5.26. The Balaban J connectivity index is 1.65. The Kier molecular flexibility index (Phi) is 5.30. The quantitative estimate of drug-likeness (QED) is 0.878. The number of rotatable bonds is 5. The van der Waals surface area contributed by atoms with Crippen molar-refractivity contribution >= 4 is 0 Å². The number of hydrogen-bond acceptors (Lipinski definition) is 3. The molecule has 1 spiro atoms. The lowest BCUT2D eigenvalue weighted by molar-refractivity contribution is 0.0338. The summed E-state index contributed by atoms with van der Waals surface area (Å²) < 4.78 is 0. The van der Waals surface area contributed by atoms with E-state index in [1.165, 1.54) is 50.8 Å². The molecule has 1 aliphatic heterocycles. The lowest BCUT2D eigenvalue weighted by Gasteiger charge is -2.49. The van der Waals surface area contributed by atoms with E-state index in [2.05, 4.69) is 54.2 Å². The number of hydrogen-bond donors (Lipinski definition) is 1. The van der Waals surface area contributed by atoms with Crippen molar-refractivity contribution in [3.63, 3.8) is 0 Å². The third-order valence-corrected chi connectivity index (χ3v) is 6.86. The lowest BCUT2D eigenvalue weighted by Crippen LogP contribution is -2.47. The zero-order valence-electron chi connectivity index (χ0n) is 16.6. The summed E-state index contributed by atoms with van der Waals surface area (Å²) in [5.41, 5.74) is 1.64. The Morgan fingerprint density at radius 3 is 2.24 bits per heavy atom. The summed E-state index contributed by atoms with van der Waals surface area (Å²) in [6.45, 7) is 7.30.